The van der Waals surface area contributed by atoms with E-state index in [1.807, 2.05) is 0 Å². The number of allylic oxidation sites excluding steroid dienone is 1. The highest BCUT2D eigenvalue weighted by molar-refractivity contribution is 5.27. The summed E-state index contributed by atoms with van der Waals surface area (Å²) in [6, 6.07) is 0. The second-order valence-corrected chi connectivity index (χ2v) is 20.9. The van der Waals surface area contributed by atoms with E-state index in [4.69, 9.17) is 33.2 Å². The molecule has 8 fully saturated rings. The summed E-state index contributed by atoms with van der Waals surface area (Å²) in [6.45, 7) is 10.7. The lowest BCUT2D eigenvalue weighted by atomic mass is 9.46. The first-order valence-corrected chi connectivity index (χ1v) is 23.0. The van der Waals surface area contributed by atoms with E-state index in [0.29, 0.717) is 42.4 Å². The molecular weight excluding hydrogens is 798 g/mol. The second kappa shape index (κ2) is 16.7. The van der Waals surface area contributed by atoms with Gasteiger partial charge in [-0.1, -0.05) is 39.3 Å². The number of piperidine rings is 1. The lowest BCUT2D eigenvalue weighted by Gasteiger charge is -2.59. The molecule has 17 nitrogen and oxygen atoms in total. The normalized spacial score (nSPS) is 58.4. The van der Waals surface area contributed by atoms with E-state index in [-0.39, 0.29) is 35.6 Å². The molecule has 0 aromatic carbocycles. The van der Waals surface area contributed by atoms with E-state index in [9.17, 15) is 46.0 Å². The quantitative estimate of drug-likeness (QED) is 0.143. The lowest BCUT2D eigenvalue weighted by Crippen LogP contribution is -2.66. The van der Waals surface area contributed by atoms with Gasteiger partial charge in [-0.3, -0.25) is 5.32 Å². The molecule has 9 aliphatic rings. The number of nitrogens with one attached hydrogen (secondary N) is 1. The SMILES string of the molecule is C[C@H]1CN[C@]2(O[C@H]3C[C@H]4[C@@H]5CC=C6C[C@@H](O[C@@H]7O[C@H](CO)[C@@H](O)[C@H](O[C@@H]8OC[C@@H](O)[C@H](O)[C@H]8O)[C@H]7O[C@@H]7O[C@@H](C)[C@H](O)[C@@H](O)[C@H]7O)CC[C@]6(C)[C@H]5CC[C@]4(C)[C@H]3[C@@H]2C)[C@@H](O)C1. The van der Waals surface area contributed by atoms with Gasteiger partial charge in [0.15, 0.2) is 18.9 Å². The zero-order valence-electron chi connectivity index (χ0n) is 36.0. The first-order chi connectivity index (χ1) is 28.9. The Bertz CT molecular complexity index is 1610. The van der Waals surface area contributed by atoms with Crippen molar-refractivity contribution in [3.8, 4) is 0 Å². The second-order valence-electron chi connectivity index (χ2n) is 20.9. The smallest absolute Gasteiger partial charge is 0.187 e. The molecule has 17 heteroatoms. The molecular formula is C44H71NO16. The maximum atomic E-state index is 11.5. The van der Waals surface area contributed by atoms with Gasteiger partial charge in [0.25, 0.3) is 0 Å². The summed E-state index contributed by atoms with van der Waals surface area (Å²) in [5.41, 5.74) is 0.701. The maximum absolute atomic E-state index is 11.5. The van der Waals surface area contributed by atoms with Crippen molar-refractivity contribution in [1.29, 1.82) is 0 Å². The summed E-state index contributed by atoms with van der Waals surface area (Å²) >= 11 is 0. The highest BCUT2D eigenvalue weighted by Gasteiger charge is 2.70. The van der Waals surface area contributed by atoms with Crippen LogP contribution in [0.3, 0.4) is 0 Å². The Hall–Kier alpha value is -0.940. The van der Waals surface area contributed by atoms with Crippen LogP contribution in [-0.4, -0.2) is 176 Å². The van der Waals surface area contributed by atoms with Gasteiger partial charge in [-0.15, -0.1) is 0 Å². The summed E-state index contributed by atoms with van der Waals surface area (Å²) in [6.07, 6.45) is -12.0. The van der Waals surface area contributed by atoms with E-state index >= 15 is 0 Å². The maximum Gasteiger partial charge on any atom is 0.187 e. The fourth-order valence-electron chi connectivity index (χ4n) is 14.1. The Morgan fingerprint density at radius 1 is 0.770 bits per heavy atom. The van der Waals surface area contributed by atoms with Gasteiger partial charge >= 0.3 is 0 Å². The van der Waals surface area contributed by atoms with Crippen LogP contribution in [0.1, 0.15) is 86.0 Å². The van der Waals surface area contributed by atoms with Crippen LogP contribution in [-0.2, 0) is 33.2 Å². The molecule has 348 valence electrons. The number of rotatable bonds is 7. The minimum absolute atomic E-state index is 0.0570. The Morgan fingerprint density at radius 3 is 2.25 bits per heavy atom. The first kappa shape index (κ1) is 45.2. The molecule has 4 aliphatic carbocycles. The van der Waals surface area contributed by atoms with Crippen LogP contribution in [0.25, 0.3) is 0 Å². The van der Waals surface area contributed by atoms with E-state index in [2.05, 4.69) is 39.1 Å². The minimum Gasteiger partial charge on any atom is -0.394 e. The summed E-state index contributed by atoms with van der Waals surface area (Å²) < 4.78 is 43.5. The molecule has 0 radical (unpaired) electrons. The number of ether oxygens (including phenoxy) is 7. The van der Waals surface area contributed by atoms with Gasteiger partial charge in [-0.05, 0) is 98.7 Å². The topological polar surface area (TPSA) is 259 Å². The third-order valence-electron chi connectivity index (χ3n) is 17.5. The molecule has 9 rings (SSSR count). The highest BCUT2D eigenvalue weighted by atomic mass is 16.8. The largest absolute Gasteiger partial charge is 0.394 e. The lowest BCUT2D eigenvalue weighted by molar-refractivity contribution is -0.390. The van der Waals surface area contributed by atoms with E-state index in [1.54, 1.807) is 0 Å². The molecule has 0 bridgehead atoms. The molecule has 61 heavy (non-hydrogen) atoms. The number of aliphatic hydroxyl groups excluding tert-OH is 9. The summed E-state index contributed by atoms with van der Waals surface area (Å²) in [5.74, 6) is 2.47. The van der Waals surface area contributed by atoms with Crippen molar-refractivity contribution in [1.82, 2.24) is 5.32 Å². The van der Waals surface area contributed by atoms with Crippen molar-refractivity contribution in [3.63, 3.8) is 0 Å². The van der Waals surface area contributed by atoms with Crippen LogP contribution in [0.2, 0.25) is 0 Å². The monoisotopic (exact) mass is 869 g/mol. The minimum atomic E-state index is -1.73. The Balaban J connectivity index is 0.934. The number of hydrogen-bond acceptors (Lipinski definition) is 17. The summed E-state index contributed by atoms with van der Waals surface area (Å²) in [4.78, 5) is 0. The van der Waals surface area contributed by atoms with Gasteiger partial charge < -0.3 is 79.1 Å². The fourth-order valence-corrected chi connectivity index (χ4v) is 14.1. The van der Waals surface area contributed by atoms with Crippen LogP contribution in [0.5, 0.6) is 0 Å². The third-order valence-corrected chi connectivity index (χ3v) is 17.5. The predicted molar refractivity (Wildman–Crippen MR) is 212 cm³/mol. The molecule has 5 saturated heterocycles. The molecule has 0 unspecified atom stereocenters. The number of aliphatic hydroxyl groups is 9. The van der Waals surface area contributed by atoms with E-state index < -0.39 is 104 Å². The van der Waals surface area contributed by atoms with Crippen LogP contribution in [0, 0.1) is 46.3 Å². The molecule has 1 spiro atoms. The average Bonchev–Trinajstić information content (AvgIpc) is 3.69. The van der Waals surface area contributed by atoms with Gasteiger partial charge in [-0.25, -0.2) is 0 Å². The standard InChI is InChI=1S/C44H71NO16/c1-18-12-29(48)44(45-15-18)19(2)30-27(61-44)14-25-23-7-6-21-13-22(8-10-42(21,4)24(23)9-11-43(25,30)5)57-41-38(60-40-36(54)34(52)31(49)20(3)56-40)37(33(51)28(16-46)58-41)59-39-35(53)32(50)26(47)17-55-39/h6,18-20,22-41,45-54H,7-17H2,1-5H3/t18-,19+,20+,22+,23-,24+,25+,26-,27+,28-,29+,30+,31+,32+,33-,34-,35-,36-,37+,38-,39+,40+,41-,42+,43+,44-/m1/s1. The highest BCUT2D eigenvalue weighted by Crippen LogP contribution is 2.70. The van der Waals surface area contributed by atoms with Crippen molar-refractivity contribution in [2.24, 2.45) is 46.3 Å². The number of hydrogen-bond donors (Lipinski definition) is 10. The van der Waals surface area contributed by atoms with Crippen molar-refractivity contribution in [2.75, 3.05) is 19.8 Å². The summed E-state index contributed by atoms with van der Waals surface area (Å²) in [5, 5.41) is 100. The zero-order chi connectivity index (χ0) is 43.5. The van der Waals surface area contributed by atoms with E-state index in [0.717, 1.165) is 45.1 Å². The third kappa shape index (κ3) is 7.32. The fraction of sp³-hybridized carbons (Fsp3) is 0.955. The molecule has 26 atom stereocenters. The molecule has 5 aliphatic heterocycles. The molecule has 10 N–H and O–H groups in total. The van der Waals surface area contributed by atoms with Crippen LogP contribution < -0.4 is 5.32 Å². The van der Waals surface area contributed by atoms with E-state index in [1.165, 1.54) is 12.5 Å². The van der Waals surface area contributed by atoms with Gasteiger partial charge in [0.05, 0.1) is 37.6 Å². The van der Waals surface area contributed by atoms with Crippen LogP contribution >= 0.6 is 0 Å². The summed E-state index contributed by atoms with van der Waals surface area (Å²) in [7, 11) is 0. The van der Waals surface area contributed by atoms with Crippen molar-refractivity contribution in [2.45, 2.75) is 196 Å². The predicted octanol–water partition coefficient (Wildman–Crippen LogP) is -0.603. The van der Waals surface area contributed by atoms with Crippen molar-refractivity contribution < 1.29 is 79.1 Å². The molecule has 3 saturated carbocycles. The zero-order valence-corrected chi connectivity index (χ0v) is 36.0. The Labute approximate surface area is 357 Å². The first-order valence-electron chi connectivity index (χ1n) is 23.0. The van der Waals surface area contributed by atoms with Crippen LogP contribution in [0.4, 0.5) is 0 Å². The Morgan fingerprint density at radius 2 is 1.51 bits per heavy atom. The molecule has 0 aromatic heterocycles. The van der Waals surface area contributed by atoms with Gasteiger partial charge in [0.2, 0.25) is 0 Å². The van der Waals surface area contributed by atoms with Crippen molar-refractivity contribution in [3.05, 3.63) is 11.6 Å². The molecule has 0 aromatic rings. The van der Waals surface area contributed by atoms with Crippen molar-refractivity contribution >= 4 is 0 Å². The molecule has 5 heterocycles. The van der Waals surface area contributed by atoms with Gasteiger partial charge in [0, 0.05) is 12.5 Å². The number of fused-ring (bicyclic) bond motifs is 7. The Kier molecular flexibility index (Phi) is 12.4. The molecule has 0 amide bonds. The average molecular weight is 870 g/mol. The van der Waals surface area contributed by atoms with Gasteiger partial charge in [-0.2, -0.15) is 0 Å². The van der Waals surface area contributed by atoms with Gasteiger partial charge in [0.1, 0.15) is 66.8 Å². The van der Waals surface area contributed by atoms with Crippen LogP contribution in [0.15, 0.2) is 11.6 Å².